The Kier molecular flexibility index (Phi) is 3.82. The molecule has 0 atom stereocenters. The van der Waals surface area contributed by atoms with Gasteiger partial charge in [0.15, 0.2) is 0 Å². The van der Waals surface area contributed by atoms with Gasteiger partial charge in [0.25, 0.3) is 5.91 Å². The fourth-order valence-electron chi connectivity index (χ4n) is 1.47. The first kappa shape index (κ1) is 11.7. The van der Waals surface area contributed by atoms with Crippen molar-refractivity contribution in [2.75, 3.05) is 6.54 Å². The van der Waals surface area contributed by atoms with Crippen LogP contribution in [0.1, 0.15) is 20.9 Å². The molecule has 2 heterocycles. The average Bonchev–Trinajstić information content (AvgIpc) is 2.77. The van der Waals surface area contributed by atoms with Crippen LogP contribution < -0.4 is 5.32 Å². The molecule has 0 unspecified atom stereocenters. The first-order valence-corrected chi connectivity index (χ1v) is 6.22. The van der Waals surface area contributed by atoms with Crippen molar-refractivity contribution in [2.45, 2.75) is 13.3 Å². The van der Waals surface area contributed by atoms with E-state index in [-0.39, 0.29) is 5.91 Å². The topological polar surface area (TPSA) is 54.9 Å². The van der Waals surface area contributed by atoms with E-state index in [9.17, 15) is 4.79 Å². The van der Waals surface area contributed by atoms with Crippen LogP contribution >= 0.6 is 11.3 Å². The highest BCUT2D eigenvalue weighted by Crippen LogP contribution is 2.11. The van der Waals surface area contributed by atoms with Gasteiger partial charge in [0, 0.05) is 18.9 Å². The summed E-state index contributed by atoms with van der Waals surface area (Å²) in [5.74, 6) is -0.0473. The lowest BCUT2D eigenvalue weighted by atomic mass is 10.2. The van der Waals surface area contributed by atoms with Gasteiger partial charge in [0.2, 0.25) is 0 Å². The average molecular weight is 247 g/mol. The molecule has 0 aromatic carbocycles. The van der Waals surface area contributed by atoms with Gasteiger partial charge in [-0.05, 0) is 25.0 Å². The number of nitrogens with one attached hydrogen (secondary N) is 1. The molecule has 2 rings (SSSR count). The number of nitrogens with zero attached hydrogens (tertiary/aromatic N) is 2. The number of thiazole rings is 1. The monoisotopic (exact) mass is 247 g/mol. The third-order valence-electron chi connectivity index (χ3n) is 2.37. The summed E-state index contributed by atoms with van der Waals surface area (Å²) < 4.78 is 0. The molecule has 0 fully saturated rings. The quantitative estimate of drug-likeness (QED) is 0.896. The summed E-state index contributed by atoms with van der Waals surface area (Å²) in [5, 5.41) is 2.88. The van der Waals surface area contributed by atoms with E-state index in [1.54, 1.807) is 11.7 Å². The van der Waals surface area contributed by atoms with E-state index in [4.69, 9.17) is 0 Å². The molecular weight excluding hydrogens is 234 g/mol. The summed E-state index contributed by atoms with van der Waals surface area (Å²) in [4.78, 5) is 20.5. The van der Waals surface area contributed by atoms with Gasteiger partial charge in [-0.3, -0.25) is 9.78 Å². The Hall–Kier alpha value is -1.75. The molecular formula is C12H13N3OS. The molecule has 2 aromatic heterocycles. The van der Waals surface area contributed by atoms with Gasteiger partial charge in [-0.25, -0.2) is 4.98 Å². The molecule has 0 saturated heterocycles. The maximum absolute atomic E-state index is 11.8. The molecule has 4 nitrogen and oxygen atoms in total. The second-order valence-electron chi connectivity index (χ2n) is 3.63. The molecule has 1 N–H and O–H groups in total. The van der Waals surface area contributed by atoms with E-state index in [2.05, 4.69) is 15.3 Å². The van der Waals surface area contributed by atoms with Crippen molar-refractivity contribution in [3.05, 3.63) is 46.2 Å². The van der Waals surface area contributed by atoms with E-state index >= 15 is 0 Å². The molecule has 0 saturated carbocycles. The predicted octanol–water partition coefficient (Wildman–Crippen LogP) is 1.82. The minimum Gasteiger partial charge on any atom is -0.351 e. The van der Waals surface area contributed by atoms with Gasteiger partial charge < -0.3 is 5.32 Å². The van der Waals surface area contributed by atoms with Crippen molar-refractivity contribution >= 4 is 17.2 Å². The van der Waals surface area contributed by atoms with Crippen molar-refractivity contribution in [3.8, 4) is 0 Å². The van der Waals surface area contributed by atoms with Crippen molar-refractivity contribution in [2.24, 2.45) is 0 Å². The van der Waals surface area contributed by atoms with Gasteiger partial charge >= 0.3 is 0 Å². The Bertz CT molecular complexity index is 495. The second-order valence-corrected chi connectivity index (χ2v) is 4.49. The molecule has 0 aliphatic heterocycles. The summed E-state index contributed by atoms with van der Waals surface area (Å²) in [6.07, 6.45) is 4.34. The van der Waals surface area contributed by atoms with E-state index in [1.165, 1.54) is 11.3 Å². The Morgan fingerprint density at radius 3 is 3.06 bits per heavy atom. The first-order valence-electron chi connectivity index (χ1n) is 5.34. The second kappa shape index (κ2) is 5.54. The Balaban J connectivity index is 1.84. The zero-order valence-electron chi connectivity index (χ0n) is 9.51. The van der Waals surface area contributed by atoms with E-state index in [0.29, 0.717) is 11.4 Å². The van der Waals surface area contributed by atoms with Crippen LogP contribution in [0.15, 0.2) is 30.0 Å². The molecule has 0 aliphatic rings. The van der Waals surface area contributed by atoms with Gasteiger partial charge in [-0.2, -0.15) is 0 Å². The highest BCUT2D eigenvalue weighted by atomic mass is 32.1. The summed E-state index contributed by atoms with van der Waals surface area (Å²) in [5.41, 5.74) is 3.59. The molecule has 5 heteroatoms. The minimum atomic E-state index is -0.0473. The summed E-state index contributed by atoms with van der Waals surface area (Å²) in [6, 6.07) is 3.89. The number of pyridine rings is 1. The van der Waals surface area contributed by atoms with Crippen LogP contribution in [0.4, 0.5) is 0 Å². The highest BCUT2D eigenvalue weighted by Gasteiger charge is 2.10. The predicted molar refractivity (Wildman–Crippen MR) is 67.1 cm³/mol. The largest absolute Gasteiger partial charge is 0.351 e. The van der Waals surface area contributed by atoms with E-state index < -0.39 is 0 Å². The lowest BCUT2D eigenvalue weighted by Crippen LogP contribution is -2.25. The minimum absolute atomic E-state index is 0.0473. The van der Waals surface area contributed by atoms with Crippen LogP contribution in [0, 0.1) is 6.92 Å². The van der Waals surface area contributed by atoms with Crippen LogP contribution in [0.5, 0.6) is 0 Å². The fourth-order valence-corrected chi connectivity index (χ4v) is 2.19. The number of hydrogen-bond acceptors (Lipinski definition) is 4. The Morgan fingerprint density at radius 2 is 2.41 bits per heavy atom. The first-order chi connectivity index (χ1) is 8.27. The van der Waals surface area contributed by atoms with Crippen LogP contribution in [-0.2, 0) is 6.42 Å². The number of rotatable bonds is 4. The summed E-state index contributed by atoms with van der Waals surface area (Å²) >= 11 is 1.37. The summed E-state index contributed by atoms with van der Waals surface area (Å²) in [7, 11) is 0. The number of carbonyl (C=O) groups is 1. The van der Waals surface area contributed by atoms with Crippen molar-refractivity contribution in [3.63, 3.8) is 0 Å². The van der Waals surface area contributed by atoms with E-state index in [0.717, 1.165) is 17.7 Å². The van der Waals surface area contributed by atoms with Crippen molar-refractivity contribution in [1.82, 2.24) is 15.3 Å². The number of carbonyl (C=O) groups excluding carboxylic acids is 1. The number of aromatic nitrogens is 2. The van der Waals surface area contributed by atoms with E-state index in [1.807, 2.05) is 25.3 Å². The van der Waals surface area contributed by atoms with Crippen molar-refractivity contribution < 1.29 is 4.79 Å². The molecule has 2 aromatic rings. The van der Waals surface area contributed by atoms with Crippen LogP contribution in [0.3, 0.4) is 0 Å². The molecule has 17 heavy (non-hydrogen) atoms. The molecule has 0 aliphatic carbocycles. The van der Waals surface area contributed by atoms with Crippen LogP contribution in [-0.4, -0.2) is 22.4 Å². The third kappa shape index (κ3) is 3.10. The zero-order valence-corrected chi connectivity index (χ0v) is 10.3. The lowest BCUT2D eigenvalue weighted by molar-refractivity contribution is 0.0957. The maximum atomic E-state index is 11.8. The van der Waals surface area contributed by atoms with Gasteiger partial charge in [-0.15, -0.1) is 11.3 Å². The van der Waals surface area contributed by atoms with Crippen molar-refractivity contribution in [1.29, 1.82) is 0 Å². The van der Waals surface area contributed by atoms with Gasteiger partial charge in [0.05, 0.1) is 11.2 Å². The number of aryl methyl sites for hydroxylation is 1. The van der Waals surface area contributed by atoms with Gasteiger partial charge in [-0.1, -0.05) is 6.07 Å². The zero-order chi connectivity index (χ0) is 12.1. The highest BCUT2D eigenvalue weighted by molar-refractivity contribution is 7.11. The SMILES string of the molecule is Cc1ncsc1C(=O)NCCc1cccnc1. The number of hydrogen-bond donors (Lipinski definition) is 1. The summed E-state index contributed by atoms with van der Waals surface area (Å²) in [6.45, 7) is 2.45. The van der Waals surface area contributed by atoms with Crippen LogP contribution in [0.25, 0.3) is 0 Å². The standard InChI is InChI=1S/C12H13N3OS/c1-9-11(17-8-15-9)12(16)14-6-4-10-3-2-5-13-7-10/h2-3,5,7-8H,4,6H2,1H3,(H,14,16). The normalized spacial score (nSPS) is 10.2. The van der Waals surface area contributed by atoms with Gasteiger partial charge in [0.1, 0.15) is 4.88 Å². The number of amides is 1. The molecule has 1 amide bonds. The Labute approximate surface area is 104 Å². The fraction of sp³-hybridized carbons (Fsp3) is 0.250. The molecule has 88 valence electrons. The molecule has 0 radical (unpaired) electrons. The Morgan fingerprint density at radius 1 is 1.53 bits per heavy atom. The van der Waals surface area contributed by atoms with Crippen LogP contribution in [0.2, 0.25) is 0 Å². The smallest absolute Gasteiger partial charge is 0.263 e. The lowest BCUT2D eigenvalue weighted by Gasteiger charge is -2.03. The maximum Gasteiger partial charge on any atom is 0.263 e. The molecule has 0 spiro atoms. The molecule has 0 bridgehead atoms. The third-order valence-corrected chi connectivity index (χ3v) is 3.30.